The SMILES string of the molecule is CC(CCC(=O)O)NC(=O)c1ccc(C(=O)N(C)C)cc1. The fraction of sp³-hybridized carbons (Fsp3) is 0.400. The van der Waals surface area contributed by atoms with Crippen molar-refractivity contribution < 1.29 is 19.5 Å². The Bertz CT molecular complexity index is 523. The third-order valence-corrected chi connectivity index (χ3v) is 2.97. The standard InChI is InChI=1S/C15H20N2O4/c1-10(4-9-13(18)19)16-14(20)11-5-7-12(8-6-11)15(21)17(2)3/h5-8,10H,4,9H2,1-3H3,(H,16,20)(H,18,19). The van der Waals surface area contributed by atoms with Gasteiger partial charge in [0.05, 0.1) is 0 Å². The van der Waals surface area contributed by atoms with E-state index in [0.29, 0.717) is 17.5 Å². The summed E-state index contributed by atoms with van der Waals surface area (Å²) in [6.45, 7) is 1.75. The first kappa shape index (κ1) is 16.7. The molecule has 1 aromatic rings. The first-order chi connectivity index (χ1) is 9.81. The molecule has 2 N–H and O–H groups in total. The van der Waals surface area contributed by atoms with Crippen molar-refractivity contribution in [3.05, 3.63) is 35.4 Å². The van der Waals surface area contributed by atoms with E-state index >= 15 is 0 Å². The van der Waals surface area contributed by atoms with Gasteiger partial charge in [-0.2, -0.15) is 0 Å². The summed E-state index contributed by atoms with van der Waals surface area (Å²) in [6.07, 6.45) is 0.385. The number of aliphatic carboxylic acids is 1. The first-order valence-corrected chi connectivity index (χ1v) is 6.65. The third kappa shape index (κ3) is 5.25. The second-order valence-electron chi connectivity index (χ2n) is 5.08. The zero-order valence-corrected chi connectivity index (χ0v) is 12.4. The average molecular weight is 292 g/mol. The number of carboxylic acids is 1. The van der Waals surface area contributed by atoms with Crippen molar-refractivity contribution in [2.75, 3.05) is 14.1 Å². The van der Waals surface area contributed by atoms with Gasteiger partial charge < -0.3 is 15.3 Å². The predicted octanol–water partition coefficient (Wildman–Crippen LogP) is 1.37. The maximum absolute atomic E-state index is 12.0. The molecule has 0 aliphatic rings. The molecule has 0 fully saturated rings. The molecule has 0 radical (unpaired) electrons. The number of carbonyl (C=O) groups excluding carboxylic acids is 2. The Morgan fingerprint density at radius 1 is 1.14 bits per heavy atom. The number of carbonyl (C=O) groups is 3. The minimum Gasteiger partial charge on any atom is -0.481 e. The molecule has 6 heteroatoms. The Morgan fingerprint density at radius 2 is 1.67 bits per heavy atom. The number of nitrogens with zero attached hydrogens (tertiary/aromatic N) is 1. The second kappa shape index (κ2) is 7.42. The molecule has 1 atom stereocenters. The summed E-state index contributed by atoms with van der Waals surface area (Å²) in [5.41, 5.74) is 0.947. The molecule has 114 valence electrons. The average Bonchev–Trinajstić information content (AvgIpc) is 2.44. The van der Waals surface area contributed by atoms with Crippen molar-refractivity contribution >= 4 is 17.8 Å². The monoisotopic (exact) mass is 292 g/mol. The van der Waals surface area contributed by atoms with Gasteiger partial charge in [0.2, 0.25) is 0 Å². The Kier molecular flexibility index (Phi) is 5.90. The highest BCUT2D eigenvalue weighted by Gasteiger charge is 2.13. The molecule has 0 saturated heterocycles. The summed E-state index contributed by atoms with van der Waals surface area (Å²) < 4.78 is 0. The zero-order valence-electron chi connectivity index (χ0n) is 12.4. The number of carboxylic acid groups (broad SMARTS) is 1. The lowest BCUT2D eigenvalue weighted by Gasteiger charge is -2.13. The van der Waals surface area contributed by atoms with Crippen molar-refractivity contribution in [2.45, 2.75) is 25.8 Å². The Balaban J connectivity index is 2.63. The summed E-state index contributed by atoms with van der Waals surface area (Å²) in [6, 6.07) is 6.13. The van der Waals surface area contributed by atoms with Crippen LogP contribution in [0.2, 0.25) is 0 Å². The van der Waals surface area contributed by atoms with Crippen LogP contribution >= 0.6 is 0 Å². The van der Waals surface area contributed by atoms with Gasteiger partial charge in [0.1, 0.15) is 0 Å². The number of amides is 2. The van der Waals surface area contributed by atoms with E-state index in [1.54, 1.807) is 45.3 Å². The van der Waals surface area contributed by atoms with E-state index in [9.17, 15) is 14.4 Å². The number of benzene rings is 1. The molecule has 0 aliphatic heterocycles. The van der Waals surface area contributed by atoms with Crippen molar-refractivity contribution in [3.8, 4) is 0 Å². The minimum absolute atomic E-state index is 0.0116. The lowest BCUT2D eigenvalue weighted by Crippen LogP contribution is -2.33. The molecule has 0 spiro atoms. The van der Waals surface area contributed by atoms with Gasteiger partial charge in [0.15, 0.2) is 0 Å². The van der Waals surface area contributed by atoms with E-state index in [4.69, 9.17) is 5.11 Å². The summed E-state index contributed by atoms with van der Waals surface area (Å²) in [5.74, 6) is -1.30. The van der Waals surface area contributed by atoms with E-state index in [0.717, 1.165) is 0 Å². The molecular weight excluding hydrogens is 272 g/mol. The molecule has 6 nitrogen and oxygen atoms in total. The van der Waals surface area contributed by atoms with Crippen LogP contribution in [0.3, 0.4) is 0 Å². The maximum Gasteiger partial charge on any atom is 0.303 e. The van der Waals surface area contributed by atoms with E-state index in [1.807, 2.05) is 0 Å². The molecule has 0 saturated carbocycles. The topological polar surface area (TPSA) is 86.7 Å². The van der Waals surface area contributed by atoms with E-state index in [-0.39, 0.29) is 24.3 Å². The number of rotatable bonds is 6. The van der Waals surface area contributed by atoms with Gasteiger partial charge >= 0.3 is 5.97 Å². The van der Waals surface area contributed by atoms with Gasteiger partial charge in [-0.15, -0.1) is 0 Å². The van der Waals surface area contributed by atoms with Crippen LogP contribution in [0.15, 0.2) is 24.3 Å². The van der Waals surface area contributed by atoms with Crippen molar-refractivity contribution in [3.63, 3.8) is 0 Å². The minimum atomic E-state index is -0.886. The normalized spacial score (nSPS) is 11.6. The quantitative estimate of drug-likeness (QED) is 0.829. The third-order valence-electron chi connectivity index (χ3n) is 2.97. The molecule has 2 amide bonds. The summed E-state index contributed by atoms with van der Waals surface area (Å²) in [4.78, 5) is 35.6. The molecule has 21 heavy (non-hydrogen) atoms. The molecule has 1 unspecified atom stereocenters. The van der Waals surface area contributed by atoms with Crippen LogP contribution in [-0.2, 0) is 4.79 Å². The summed E-state index contributed by atoms with van der Waals surface area (Å²) >= 11 is 0. The lowest BCUT2D eigenvalue weighted by molar-refractivity contribution is -0.137. The first-order valence-electron chi connectivity index (χ1n) is 6.65. The van der Waals surface area contributed by atoms with Crippen LogP contribution in [0, 0.1) is 0 Å². The highest BCUT2D eigenvalue weighted by atomic mass is 16.4. The summed E-state index contributed by atoms with van der Waals surface area (Å²) in [5, 5.41) is 11.3. The van der Waals surface area contributed by atoms with Crippen LogP contribution in [0.25, 0.3) is 0 Å². The van der Waals surface area contributed by atoms with Crippen molar-refractivity contribution in [1.29, 1.82) is 0 Å². The van der Waals surface area contributed by atoms with Crippen LogP contribution in [0.4, 0.5) is 0 Å². The molecule has 0 heterocycles. The Hall–Kier alpha value is -2.37. The lowest BCUT2D eigenvalue weighted by atomic mass is 10.1. The molecular formula is C15H20N2O4. The van der Waals surface area contributed by atoms with Crippen LogP contribution < -0.4 is 5.32 Å². The smallest absolute Gasteiger partial charge is 0.303 e. The molecule has 0 aromatic heterocycles. The van der Waals surface area contributed by atoms with Crippen LogP contribution in [-0.4, -0.2) is 47.9 Å². The highest BCUT2D eigenvalue weighted by molar-refractivity contribution is 5.97. The number of hydrogen-bond acceptors (Lipinski definition) is 3. The fourth-order valence-corrected chi connectivity index (χ4v) is 1.74. The number of nitrogens with one attached hydrogen (secondary N) is 1. The Morgan fingerprint density at radius 3 is 2.14 bits per heavy atom. The Labute approximate surface area is 123 Å². The van der Waals surface area contributed by atoms with Gasteiger partial charge in [-0.25, -0.2) is 0 Å². The van der Waals surface area contributed by atoms with Gasteiger partial charge in [0.25, 0.3) is 11.8 Å². The van der Waals surface area contributed by atoms with Crippen LogP contribution in [0.1, 0.15) is 40.5 Å². The predicted molar refractivity (Wildman–Crippen MR) is 78.3 cm³/mol. The van der Waals surface area contributed by atoms with Crippen molar-refractivity contribution in [2.24, 2.45) is 0 Å². The molecule has 1 aromatic carbocycles. The van der Waals surface area contributed by atoms with E-state index < -0.39 is 5.97 Å². The van der Waals surface area contributed by atoms with Gasteiger partial charge in [-0.1, -0.05) is 0 Å². The van der Waals surface area contributed by atoms with Crippen LogP contribution in [0.5, 0.6) is 0 Å². The second-order valence-corrected chi connectivity index (χ2v) is 5.08. The molecule has 1 rings (SSSR count). The number of hydrogen-bond donors (Lipinski definition) is 2. The largest absolute Gasteiger partial charge is 0.481 e. The van der Waals surface area contributed by atoms with Gasteiger partial charge in [-0.3, -0.25) is 14.4 Å². The van der Waals surface area contributed by atoms with Gasteiger partial charge in [0, 0.05) is 37.7 Å². The molecule has 0 aliphatic carbocycles. The fourth-order valence-electron chi connectivity index (χ4n) is 1.74. The van der Waals surface area contributed by atoms with Gasteiger partial charge in [-0.05, 0) is 37.6 Å². The van der Waals surface area contributed by atoms with E-state index in [2.05, 4.69) is 5.32 Å². The van der Waals surface area contributed by atoms with Crippen molar-refractivity contribution in [1.82, 2.24) is 10.2 Å². The zero-order chi connectivity index (χ0) is 16.0. The van der Waals surface area contributed by atoms with E-state index in [1.165, 1.54) is 4.90 Å². The summed E-state index contributed by atoms with van der Waals surface area (Å²) in [7, 11) is 3.32. The highest BCUT2D eigenvalue weighted by Crippen LogP contribution is 2.07. The maximum atomic E-state index is 12.0. The molecule has 0 bridgehead atoms.